The Hall–Kier alpha value is -2.11. The molecule has 0 saturated carbocycles. The normalized spacial score (nSPS) is 15.3. The molecule has 0 fully saturated rings. The zero-order valence-electron chi connectivity index (χ0n) is 12.2. The lowest BCUT2D eigenvalue weighted by atomic mass is 10.1. The highest BCUT2D eigenvalue weighted by Gasteiger charge is 2.29. The quantitative estimate of drug-likeness (QED) is 0.941. The topological polar surface area (TPSA) is 69.4 Å². The van der Waals surface area contributed by atoms with Crippen molar-refractivity contribution in [1.82, 2.24) is 0 Å². The van der Waals surface area contributed by atoms with E-state index >= 15 is 0 Å². The van der Waals surface area contributed by atoms with Gasteiger partial charge in [0.05, 0.1) is 4.90 Å². The van der Waals surface area contributed by atoms with Crippen LogP contribution in [0.3, 0.4) is 0 Å². The van der Waals surface area contributed by atoms with Crippen LogP contribution in [0.15, 0.2) is 52.8 Å². The van der Waals surface area contributed by atoms with E-state index in [4.69, 9.17) is 10.5 Å². The zero-order chi connectivity index (χ0) is 15.7. The molecule has 0 aromatic heterocycles. The van der Waals surface area contributed by atoms with Crippen LogP contribution in [0.1, 0.15) is 16.7 Å². The van der Waals surface area contributed by atoms with Crippen LogP contribution < -0.4 is 10.5 Å². The molecule has 0 amide bonds. The Balaban J connectivity index is 1.89. The van der Waals surface area contributed by atoms with Gasteiger partial charge in [0.25, 0.3) is 0 Å². The fraction of sp³-hybridized carbons (Fsp3) is 0.176. The largest absolute Gasteiger partial charge is 0.489 e. The first-order chi connectivity index (χ1) is 10.5. The summed E-state index contributed by atoms with van der Waals surface area (Å²) in [6.45, 7) is 2.41. The number of fused-ring (bicyclic) bond motifs is 1. The molecule has 1 heterocycles. The van der Waals surface area contributed by atoms with Crippen molar-refractivity contribution in [3.05, 3.63) is 64.6 Å². The van der Waals surface area contributed by atoms with Gasteiger partial charge >= 0.3 is 0 Å². The molecule has 0 atom stereocenters. The molecular formula is C17H17NO3S. The Morgan fingerprint density at radius 2 is 1.82 bits per heavy atom. The monoisotopic (exact) mass is 315 g/mol. The molecule has 0 unspecified atom stereocenters. The van der Waals surface area contributed by atoms with Crippen molar-refractivity contribution < 1.29 is 13.2 Å². The minimum absolute atomic E-state index is 0.197. The van der Waals surface area contributed by atoms with Gasteiger partial charge in [-0.1, -0.05) is 35.9 Å². The molecule has 2 aromatic rings. The van der Waals surface area contributed by atoms with Gasteiger partial charge in [-0.3, -0.25) is 0 Å². The molecule has 0 saturated heterocycles. The fourth-order valence-electron chi connectivity index (χ4n) is 2.55. The number of benzene rings is 2. The van der Waals surface area contributed by atoms with Gasteiger partial charge < -0.3 is 10.5 Å². The van der Waals surface area contributed by atoms with E-state index in [2.05, 4.69) is 0 Å². The maximum absolute atomic E-state index is 12.3. The predicted octanol–water partition coefficient (Wildman–Crippen LogP) is 2.66. The first kappa shape index (κ1) is 14.8. The van der Waals surface area contributed by atoms with E-state index in [1.54, 1.807) is 12.1 Å². The summed E-state index contributed by atoms with van der Waals surface area (Å²) in [6, 6.07) is 13.0. The number of sulfone groups is 1. The van der Waals surface area contributed by atoms with Crippen LogP contribution in [-0.2, 0) is 16.4 Å². The van der Waals surface area contributed by atoms with Gasteiger partial charge in [0.2, 0.25) is 9.84 Å². The maximum Gasteiger partial charge on any atom is 0.201 e. The van der Waals surface area contributed by atoms with E-state index in [1.165, 1.54) is 5.41 Å². The Morgan fingerprint density at radius 3 is 2.50 bits per heavy atom. The first-order valence-corrected chi connectivity index (χ1v) is 8.53. The standard InChI is InChI=1S/C17H17NO3S/c1-12-5-7-15(8-6-12)21-10-14-11-22(19,20)17-13(9-18)3-2-4-16(14)17/h2-8,11H,9-10,18H2,1H3. The summed E-state index contributed by atoms with van der Waals surface area (Å²) in [5.41, 5.74) is 8.78. The molecule has 4 nitrogen and oxygen atoms in total. The minimum Gasteiger partial charge on any atom is -0.489 e. The van der Waals surface area contributed by atoms with Crippen LogP contribution in [0.5, 0.6) is 5.75 Å². The van der Waals surface area contributed by atoms with Gasteiger partial charge in [0.1, 0.15) is 12.4 Å². The minimum atomic E-state index is -3.43. The van der Waals surface area contributed by atoms with Gasteiger partial charge in [0, 0.05) is 23.1 Å². The number of ether oxygens (including phenoxy) is 1. The van der Waals surface area contributed by atoms with Crippen molar-refractivity contribution in [3.8, 4) is 5.75 Å². The van der Waals surface area contributed by atoms with Gasteiger partial charge in [-0.2, -0.15) is 0 Å². The highest BCUT2D eigenvalue weighted by molar-refractivity contribution is 7.95. The van der Waals surface area contributed by atoms with Gasteiger partial charge in [0.15, 0.2) is 0 Å². The van der Waals surface area contributed by atoms with Crippen molar-refractivity contribution in [3.63, 3.8) is 0 Å². The molecule has 2 aromatic carbocycles. The Labute approximate surface area is 130 Å². The summed E-state index contributed by atoms with van der Waals surface area (Å²) in [6.07, 6.45) is 0. The van der Waals surface area contributed by atoms with Crippen LogP contribution in [0, 0.1) is 6.92 Å². The molecule has 3 rings (SSSR count). The van der Waals surface area contributed by atoms with Crippen molar-refractivity contribution in [1.29, 1.82) is 0 Å². The van der Waals surface area contributed by atoms with E-state index in [0.717, 1.165) is 5.56 Å². The highest BCUT2D eigenvalue weighted by atomic mass is 32.2. The summed E-state index contributed by atoms with van der Waals surface area (Å²) in [7, 11) is -3.43. The third kappa shape index (κ3) is 2.65. The van der Waals surface area contributed by atoms with E-state index in [-0.39, 0.29) is 13.2 Å². The molecule has 0 aliphatic carbocycles. The van der Waals surface area contributed by atoms with Crippen molar-refractivity contribution >= 4 is 15.4 Å². The molecule has 2 N–H and O–H groups in total. The lowest BCUT2D eigenvalue weighted by molar-refractivity contribution is 0.370. The Kier molecular flexibility index (Phi) is 3.76. The van der Waals surface area contributed by atoms with Crippen LogP contribution in [0.2, 0.25) is 0 Å². The van der Waals surface area contributed by atoms with Crippen molar-refractivity contribution in [2.75, 3.05) is 6.61 Å². The van der Waals surface area contributed by atoms with Gasteiger partial charge in [-0.05, 0) is 24.6 Å². The molecule has 0 radical (unpaired) electrons. The van der Waals surface area contributed by atoms with E-state index in [9.17, 15) is 8.42 Å². The van der Waals surface area contributed by atoms with E-state index < -0.39 is 9.84 Å². The number of hydrogen-bond acceptors (Lipinski definition) is 4. The van der Waals surface area contributed by atoms with Crippen LogP contribution in [0.4, 0.5) is 0 Å². The Morgan fingerprint density at radius 1 is 1.09 bits per heavy atom. The first-order valence-electron chi connectivity index (χ1n) is 6.99. The van der Waals surface area contributed by atoms with Crippen LogP contribution in [0.25, 0.3) is 5.57 Å². The second-order valence-corrected chi connectivity index (χ2v) is 7.02. The summed E-state index contributed by atoms with van der Waals surface area (Å²) >= 11 is 0. The molecule has 5 heteroatoms. The summed E-state index contributed by atoms with van der Waals surface area (Å²) in [5.74, 6) is 0.715. The molecule has 1 aliphatic rings. The summed E-state index contributed by atoms with van der Waals surface area (Å²) in [5, 5.41) is 1.28. The number of nitrogens with two attached hydrogens (primary N) is 1. The second kappa shape index (κ2) is 5.59. The summed E-state index contributed by atoms with van der Waals surface area (Å²) < 4.78 is 30.3. The van der Waals surface area contributed by atoms with Gasteiger partial charge in [-0.25, -0.2) is 8.42 Å². The molecular weight excluding hydrogens is 298 g/mol. The van der Waals surface area contributed by atoms with Gasteiger partial charge in [-0.15, -0.1) is 0 Å². The second-order valence-electron chi connectivity index (χ2n) is 5.29. The third-order valence-electron chi connectivity index (χ3n) is 3.66. The molecule has 114 valence electrons. The lowest BCUT2D eigenvalue weighted by Crippen LogP contribution is -2.05. The van der Waals surface area contributed by atoms with E-state index in [0.29, 0.717) is 27.3 Å². The van der Waals surface area contributed by atoms with Crippen molar-refractivity contribution in [2.24, 2.45) is 5.73 Å². The maximum atomic E-state index is 12.3. The molecule has 1 aliphatic heterocycles. The number of hydrogen-bond donors (Lipinski definition) is 1. The average Bonchev–Trinajstić information content (AvgIpc) is 2.78. The number of aryl methyl sites for hydroxylation is 1. The average molecular weight is 315 g/mol. The molecule has 22 heavy (non-hydrogen) atoms. The van der Waals surface area contributed by atoms with Crippen LogP contribution >= 0.6 is 0 Å². The van der Waals surface area contributed by atoms with Crippen LogP contribution in [-0.4, -0.2) is 15.0 Å². The van der Waals surface area contributed by atoms with E-state index in [1.807, 2.05) is 37.3 Å². The Bertz CT molecular complexity index is 837. The zero-order valence-corrected chi connectivity index (χ0v) is 13.1. The lowest BCUT2D eigenvalue weighted by Gasteiger charge is -2.09. The SMILES string of the molecule is Cc1ccc(OCC2=CS(=O)(=O)c3c(CN)cccc32)cc1. The summed E-state index contributed by atoms with van der Waals surface area (Å²) in [4.78, 5) is 0.319. The molecule has 0 spiro atoms. The highest BCUT2D eigenvalue weighted by Crippen LogP contribution is 2.36. The van der Waals surface area contributed by atoms with Crippen molar-refractivity contribution in [2.45, 2.75) is 18.4 Å². The third-order valence-corrected chi connectivity index (χ3v) is 5.31. The number of rotatable bonds is 4. The fourth-order valence-corrected chi connectivity index (χ4v) is 4.26. The molecule has 0 bridgehead atoms. The predicted molar refractivity (Wildman–Crippen MR) is 86.2 cm³/mol. The smallest absolute Gasteiger partial charge is 0.201 e.